The first-order valence-corrected chi connectivity index (χ1v) is 14.8. The largest absolute Gasteiger partial charge is 0.192 e. The fraction of sp³-hybridized carbons (Fsp3) is 0.464. The summed E-state index contributed by atoms with van der Waals surface area (Å²) in [5.74, 6) is 1.64. The maximum atomic E-state index is 8.98. The van der Waals surface area contributed by atoms with Crippen LogP contribution in [-0.2, 0) is 0 Å². The maximum Gasteiger partial charge on any atom is 0.0991 e. The second-order valence-electron chi connectivity index (χ2n) is 9.64. The van der Waals surface area contributed by atoms with Crippen LogP contribution in [0.25, 0.3) is 11.1 Å². The van der Waals surface area contributed by atoms with Crippen molar-refractivity contribution in [2.45, 2.75) is 75.5 Å². The van der Waals surface area contributed by atoms with Crippen LogP contribution in [-0.4, -0.2) is 8.07 Å². The summed E-state index contributed by atoms with van der Waals surface area (Å²) in [7, 11) is -0.967. The van der Waals surface area contributed by atoms with Crippen LogP contribution in [0.5, 0.6) is 0 Å². The second-order valence-corrected chi connectivity index (χ2v) is 14.6. The fourth-order valence-corrected chi connectivity index (χ4v) is 11.0. The van der Waals surface area contributed by atoms with Gasteiger partial charge in [-0.3, -0.25) is 0 Å². The number of allylic oxidation sites excluding steroid dienone is 2. The number of nitriles is 1. The molecule has 0 saturated carbocycles. The Bertz CT molecular complexity index is 870. The Hall–Kier alpha value is -2.11. The van der Waals surface area contributed by atoms with E-state index in [4.69, 9.17) is 5.26 Å². The smallest absolute Gasteiger partial charge is 0.0991 e. The van der Waals surface area contributed by atoms with Gasteiger partial charge in [-0.2, -0.15) is 5.26 Å². The molecular weight excluding hydrogens is 378 g/mol. The predicted octanol–water partition coefficient (Wildman–Crippen LogP) is 8.32. The van der Waals surface area contributed by atoms with E-state index in [0.717, 1.165) is 17.4 Å². The molecule has 2 heteroatoms. The van der Waals surface area contributed by atoms with Gasteiger partial charge in [0.05, 0.1) is 19.7 Å². The predicted molar refractivity (Wildman–Crippen MR) is 130 cm³/mol. The monoisotopic (exact) mass is 413 g/mol. The topological polar surface area (TPSA) is 23.8 Å². The van der Waals surface area contributed by atoms with E-state index in [1.807, 2.05) is 12.1 Å². The molecule has 2 aliphatic rings. The SMILES string of the molecule is CCC/C=C/C1CC[Si]2(CC1)CCC(c1ccc(-c3ccc(C#N)cc3)cc1)CC2. The van der Waals surface area contributed by atoms with E-state index in [2.05, 4.69) is 61.5 Å². The van der Waals surface area contributed by atoms with Gasteiger partial charge < -0.3 is 0 Å². The van der Waals surface area contributed by atoms with Crippen LogP contribution in [0.4, 0.5) is 0 Å². The van der Waals surface area contributed by atoms with Crippen LogP contribution in [0, 0.1) is 17.2 Å². The summed E-state index contributed by atoms with van der Waals surface area (Å²) in [5, 5.41) is 8.98. The number of unbranched alkanes of at least 4 members (excludes halogenated alkanes) is 1. The molecule has 2 fully saturated rings. The molecule has 0 unspecified atom stereocenters. The first-order chi connectivity index (χ1) is 14.7. The summed E-state index contributed by atoms with van der Waals surface area (Å²) in [6.07, 6.45) is 13.3. The molecule has 1 nitrogen and oxygen atoms in total. The molecule has 1 spiro atoms. The summed E-state index contributed by atoms with van der Waals surface area (Å²) in [6.45, 7) is 2.27. The molecule has 0 aromatic heterocycles. The third-order valence-corrected chi connectivity index (χ3v) is 13.1. The highest BCUT2D eigenvalue weighted by atomic mass is 28.3. The number of nitrogens with zero attached hydrogens (tertiary/aromatic N) is 1. The van der Waals surface area contributed by atoms with Crippen molar-refractivity contribution in [3.8, 4) is 17.2 Å². The Balaban J connectivity index is 1.31. The van der Waals surface area contributed by atoms with E-state index >= 15 is 0 Å². The zero-order chi connectivity index (χ0) is 20.8. The Labute approximate surface area is 183 Å². The number of hydrogen-bond acceptors (Lipinski definition) is 1. The summed E-state index contributed by atoms with van der Waals surface area (Å²) in [6, 6.07) is 25.6. The van der Waals surface area contributed by atoms with Crippen molar-refractivity contribution in [2.75, 3.05) is 0 Å². The molecule has 2 saturated heterocycles. The van der Waals surface area contributed by atoms with Crippen molar-refractivity contribution >= 4 is 8.07 Å². The Morgan fingerprint density at radius 2 is 1.43 bits per heavy atom. The van der Waals surface area contributed by atoms with Gasteiger partial charge in [-0.25, -0.2) is 0 Å². The van der Waals surface area contributed by atoms with Crippen molar-refractivity contribution < 1.29 is 0 Å². The molecule has 0 N–H and O–H groups in total. The Morgan fingerprint density at radius 1 is 0.867 bits per heavy atom. The van der Waals surface area contributed by atoms with E-state index in [-0.39, 0.29) is 0 Å². The van der Waals surface area contributed by atoms with E-state index in [1.165, 1.54) is 55.2 Å². The van der Waals surface area contributed by atoms with Gasteiger partial charge in [0.2, 0.25) is 0 Å². The van der Waals surface area contributed by atoms with Crippen molar-refractivity contribution in [3.05, 3.63) is 71.8 Å². The van der Waals surface area contributed by atoms with Gasteiger partial charge in [-0.15, -0.1) is 0 Å². The molecule has 30 heavy (non-hydrogen) atoms. The molecule has 156 valence electrons. The molecule has 0 bridgehead atoms. The lowest BCUT2D eigenvalue weighted by Gasteiger charge is -2.43. The van der Waals surface area contributed by atoms with E-state index in [9.17, 15) is 0 Å². The van der Waals surface area contributed by atoms with Gasteiger partial charge in [0, 0.05) is 0 Å². The molecule has 2 aromatic rings. The zero-order valence-electron chi connectivity index (χ0n) is 18.4. The maximum absolute atomic E-state index is 8.98. The fourth-order valence-electron chi connectivity index (χ4n) is 5.65. The Morgan fingerprint density at radius 3 is 2.00 bits per heavy atom. The van der Waals surface area contributed by atoms with Crippen LogP contribution >= 0.6 is 0 Å². The lowest BCUT2D eigenvalue weighted by Crippen LogP contribution is -2.40. The average Bonchev–Trinajstić information content (AvgIpc) is 2.81. The van der Waals surface area contributed by atoms with Gasteiger partial charge in [0.1, 0.15) is 0 Å². The van der Waals surface area contributed by atoms with Crippen molar-refractivity contribution in [1.29, 1.82) is 5.26 Å². The molecule has 0 aliphatic carbocycles. The average molecular weight is 414 g/mol. The van der Waals surface area contributed by atoms with Gasteiger partial charge in [0.15, 0.2) is 0 Å². The van der Waals surface area contributed by atoms with Crippen molar-refractivity contribution in [1.82, 2.24) is 0 Å². The zero-order valence-corrected chi connectivity index (χ0v) is 19.4. The van der Waals surface area contributed by atoms with Gasteiger partial charge in [-0.1, -0.05) is 86.1 Å². The van der Waals surface area contributed by atoms with Gasteiger partial charge in [-0.05, 0) is 72.8 Å². The van der Waals surface area contributed by atoms with E-state index in [1.54, 1.807) is 24.2 Å². The highest BCUT2D eigenvalue weighted by molar-refractivity contribution is 6.80. The molecule has 0 radical (unpaired) electrons. The highest BCUT2D eigenvalue weighted by Crippen LogP contribution is 2.47. The summed E-state index contributed by atoms with van der Waals surface area (Å²) in [5.41, 5.74) is 4.70. The first-order valence-electron chi connectivity index (χ1n) is 12.0. The van der Waals surface area contributed by atoms with Crippen LogP contribution in [0.2, 0.25) is 24.2 Å². The van der Waals surface area contributed by atoms with Crippen molar-refractivity contribution in [2.24, 2.45) is 5.92 Å². The lowest BCUT2D eigenvalue weighted by atomic mass is 9.92. The highest BCUT2D eigenvalue weighted by Gasteiger charge is 2.40. The Kier molecular flexibility index (Phi) is 6.90. The minimum atomic E-state index is -0.967. The standard InChI is InChI=1S/C28H35NSi/c1-2-3-4-5-23-14-18-30(19-15-23)20-16-28(17-21-30)27-12-10-26(11-13-27)25-8-6-24(22-29)7-9-25/h4-13,23,28H,2-3,14-21H2,1H3/b5-4+. The second kappa shape index (κ2) is 9.80. The van der Waals surface area contributed by atoms with Crippen molar-refractivity contribution in [3.63, 3.8) is 0 Å². The summed E-state index contributed by atoms with van der Waals surface area (Å²) in [4.78, 5) is 0. The number of benzene rings is 2. The number of rotatable bonds is 5. The molecule has 4 rings (SSSR count). The molecule has 0 amide bonds. The summed E-state index contributed by atoms with van der Waals surface area (Å²) < 4.78 is 0. The van der Waals surface area contributed by atoms with E-state index in [0.29, 0.717) is 0 Å². The third-order valence-electron chi connectivity index (χ3n) is 7.73. The first kappa shape index (κ1) is 21.1. The normalized spacial score (nSPS) is 26.7. The summed E-state index contributed by atoms with van der Waals surface area (Å²) >= 11 is 0. The van der Waals surface area contributed by atoms with Crippen LogP contribution in [0.1, 0.15) is 62.5 Å². The molecule has 2 aromatic carbocycles. The van der Waals surface area contributed by atoms with Crippen LogP contribution in [0.3, 0.4) is 0 Å². The van der Waals surface area contributed by atoms with Crippen LogP contribution < -0.4 is 0 Å². The minimum absolute atomic E-state index is 0.724. The quantitative estimate of drug-likeness (QED) is 0.357. The minimum Gasteiger partial charge on any atom is -0.192 e. The molecule has 2 heterocycles. The molecule has 0 atom stereocenters. The lowest BCUT2D eigenvalue weighted by molar-refractivity contribution is 0.529. The molecular formula is C28H35NSi. The molecule has 2 aliphatic heterocycles. The van der Waals surface area contributed by atoms with E-state index < -0.39 is 8.07 Å². The third kappa shape index (κ3) is 4.95. The number of hydrogen-bond donors (Lipinski definition) is 0. The van der Waals surface area contributed by atoms with Gasteiger partial charge in [0.25, 0.3) is 0 Å². The van der Waals surface area contributed by atoms with Gasteiger partial charge >= 0.3 is 0 Å². The van der Waals surface area contributed by atoms with Crippen LogP contribution in [0.15, 0.2) is 60.7 Å².